The first kappa shape index (κ1) is 23.4. The maximum atomic E-state index is 12.8. The number of carboxylic acids is 1. The van der Waals surface area contributed by atoms with E-state index >= 15 is 0 Å². The molecular weight excluding hydrogens is 428 g/mol. The SMILES string of the molecule is CCCC(Oc1ccc([C@@H]2C[C@@H]2C(=O)O)cc1NC(=O)Nc1ccc(C)cc1)c1ccccc1. The van der Waals surface area contributed by atoms with E-state index in [9.17, 15) is 14.7 Å². The van der Waals surface area contributed by atoms with Crippen LogP contribution in [0.1, 0.15) is 54.9 Å². The maximum Gasteiger partial charge on any atom is 0.323 e. The van der Waals surface area contributed by atoms with E-state index in [4.69, 9.17) is 4.74 Å². The Kier molecular flexibility index (Phi) is 7.16. The predicted octanol–water partition coefficient (Wildman–Crippen LogP) is 6.75. The highest BCUT2D eigenvalue weighted by molar-refractivity contribution is 6.00. The molecule has 0 aromatic heterocycles. The number of ether oxygens (including phenoxy) is 1. The van der Waals surface area contributed by atoms with Crippen LogP contribution in [0.5, 0.6) is 5.75 Å². The third-order valence-corrected chi connectivity index (χ3v) is 6.09. The molecule has 176 valence electrons. The fourth-order valence-corrected chi connectivity index (χ4v) is 4.11. The first-order valence-corrected chi connectivity index (χ1v) is 11.7. The van der Waals surface area contributed by atoms with Crippen LogP contribution < -0.4 is 15.4 Å². The number of amides is 2. The summed E-state index contributed by atoms with van der Waals surface area (Å²) in [6.45, 7) is 4.09. The summed E-state index contributed by atoms with van der Waals surface area (Å²) >= 11 is 0. The van der Waals surface area contributed by atoms with E-state index in [1.165, 1.54) is 0 Å². The highest BCUT2D eigenvalue weighted by atomic mass is 16.5. The average molecular weight is 459 g/mol. The Bertz CT molecular complexity index is 1140. The second-order valence-electron chi connectivity index (χ2n) is 8.79. The first-order chi connectivity index (χ1) is 16.4. The zero-order chi connectivity index (χ0) is 24.1. The minimum Gasteiger partial charge on any atom is -0.484 e. The van der Waals surface area contributed by atoms with Gasteiger partial charge in [-0.25, -0.2) is 4.79 Å². The average Bonchev–Trinajstić information content (AvgIpc) is 3.63. The van der Waals surface area contributed by atoms with Crippen LogP contribution in [0.3, 0.4) is 0 Å². The molecule has 1 saturated carbocycles. The second kappa shape index (κ2) is 10.4. The predicted molar refractivity (Wildman–Crippen MR) is 133 cm³/mol. The number of hydrogen-bond donors (Lipinski definition) is 3. The number of hydrogen-bond acceptors (Lipinski definition) is 3. The van der Waals surface area contributed by atoms with Gasteiger partial charge in [0, 0.05) is 5.69 Å². The lowest BCUT2D eigenvalue weighted by atomic mass is 10.0. The zero-order valence-electron chi connectivity index (χ0n) is 19.5. The van der Waals surface area contributed by atoms with Gasteiger partial charge >= 0.3 is 12.0 Å². The van der Waals surface area contributed by atoms with Gasteiger partial charge in [-0.15, -0.1) is 0 Å². The summed E-state index contributed by atoms with van der Waals surface area (Å²) in [4.78, 5) is 24.2. The van der Waals surface area contributed by atoms with Gasteiger partial charge in [0.2, 0.25) is 0 Å². The molecule has 3 atom stereocenters. The minimum absolute atomic E-state index is 0.0483. The first-order valence-electron chi connectivity index (χ1n) is 11.7. The monoisotopic (exact) mass is 458 g/mol. The van der Waals surface area contributed by atoms with Gasteiger partial charge in [0.15, 0.2) is 0 Å². The molecule has 3 aromatic carbocycles. The molecule has 2 amide bonds. The molecule has 1 aliphatic rings. The lowest BCUT2D eigenvalue weighted by molar-refractivity contribution is -0.138. The van der Waals surface area contributed by atoms with Crippen molar-refractivity contribution in [2.45, 2.75) is 45.1 Å². The quantitative estimate of drug-likeness (QED) is 0.331. The largest absolute Gasteiger partial charge is 0.484 e. The number of aryl methyl sites for hydroxylation is 1. The van der Waals surface area contributed by atoms with Crippen molar-refractivity contribution in [3.05, 3.63) is 89.5 Å². The van der Waals surface area contributed by atoms with E-state index in [1.54, 1.807) is 0 Å². The summed E-state index contributed by atoms with van der Waals surface area (Å²) in [5.41, 5.74) is 4.27. The highest BCUT2D eigenvalue weighted by Gasteiger charge is 2.44. The van der Waals surface area contributed by atoms with Gasteiger partial charge in [0.05, 0.1) is 11.6 Å². The Balaban J connectivity index is 1.58. The van der Waals surface area contributed by atoms with Gasteiger partial charge in [0.1, 0.15) is 11.9 Å². The molecule has 6 heteroatoms. The zero-order valence-corrected chi connectivity index (χ0v) is 19.5. The molecule has 3 N–H and O–H groups in total. The number of benzene rings is 3. The summed E-state index contributed by atoms with van der Waals surface area (Å²) in [6, 6.07) is 22.7. The van der Waals surface area contributed by atoms with Crippen LogP contribution in [-0.4, -0.2) is 17.1 Å². The summed E-state index contributed by atoms with van der Waals surface area (Å²) in [5.74, 6) is -0.660. The van der Waals surface area contributed by atoms with Crippen molar-refractivity contribution < 1.29 is 19.4 Å². The van der Waals surface area contributed by atoms with Gasteiger partial charge in [-0.2, -0.15) is 0 Å². The fourth-order valence-electron chi connectivity index (χ4n) is 4.11. The van der Waals surface area contributed by atoms with E-state index in [2.05, 4.69) is 17.6 Å². The van der Waals surface area contributed by atoms with Crippen LogP contribution >= 0.6 is 0 Å². The number of aliphatic carboxylic acids is 1. The molecule has 0 spiro atoms. The molecule has 3 aromatic rings. The number of carbonyl (C=O) groups is 2. The minimum atomic E-state index is -0.788. The number of carboxylic acid groups (broad SMARTS) is 1. The number of carbonyl (C=O) groups excluding carboxylic acids is 1. The number of urea groups is 1. The Labute approximate surface area is 200 Å². The van der Waals surface area contributed by atoms with E-state index in [-0.39, 0.29) is 24.0 Å². The summed E-state index contributed by atoms with van der Waals surface area (Å²) in [6.07, 6.45) is 2.21. The number of nitrogens with one attached hydrogen (secondary N) is 2. The molecular formula is C28H30N2O4. The van der Waals surface area contributed by atoms with Gasteiger partial charge < -0.3 is 20.5 Å². The van der Waals surface area contributed by atoms with Crippen LogP contribution in [0, 0.1) is 12.8 Å². The molecule has 1 aliphatic carbocycles. The van der Waals surface area contributed by atoms with Crippen molar-refractivity contribution in [2.75, 3.05) is 10.6 Å². The molecule has 0 bridgehead atoms. The van der Waals surface area contributed by atoms with Gasteiger partial charge in [0.25, 0.3) is 0 Å². The third kappa shape index (κ3) is 5.76. The van der Waals surface area contributed by atoms with E-state index in [0.717, 1.165) is 29.5 Å². The smallest absolute Gasteiger partial charge is 0.323 e. The molecule has 34 heavy (non-hydrogen) atoms. The van der Waals surface area contributed by atoms with Crippen LogP contribution in [0.15, 0.2) is 72.8 Å². The molecule has 1 unspecified atom stereocenters. The van der Waals surface area contributed by atoms with Crippen LogP contribution in [0.2, 0.25) is 0 Å². The third-order valence-electron chi connectivity index (χ3n) is 6.09. The second-order valence-corrected chi connectivity index (χ2v) is 8.79. The summed E-state index contributed by atoms with van der Waals surface area (Å²) in [5, 5.41) is 15.1. The Morgan fingerprint density at radius 1 is 1.03 bits per heavy atom. The standard InChI is InChI=1S/C28H30N2O4/c1-3-7-25(19-8-5-4-6-9-19)34-26-15-12-20(22-17-23(22)27(31)32)16-24(26)30-28(33)29-21-13-10-18(2)11-14-21/h4-6,8-16,22-23,25H,3,7,17H2,1-2H3,(H,31,32)(H2,29,30,33)/t22-,23-,25?/m0/s1. The van der Waals surface area contributed by atoms with Crippen LogP contribution in [-0.2, 0) is 4.79 Å². The fraction of sp³-hybridized carbons (Fsp3) is 0.286. The molecule has 6 nitrogen and oxygen atoms in total. The van der Waals surface area contributed by atoms with Gasteiger partial charge in [-0.05, 0) is 61.1 Å². The van der Waals surface area contributed by atoms with Crippen molar-refractivity contribution in [3.8, 4) is 5.75 Å². The molecule has 0 heterocycles. The number of anilines is 2. The maximum absolute atomic E-state index is 12.8. The molecule has 0 radical (unpaired) electrons. The number of rotatable bonds is 9. The molecule has 1 fully saturated rings. The molecule has 0 saturated heterocycles. The van der Waals surface area contributed by atoms with E-state index < -0.39 is 5.97 Å². The van der Waals surface area contributed by atoms with Gasteiger partial charge in [-0.3, -0.25) is 4.79 Å². The van der Waals surface area contributed by atoms with Crippen LogP contribution in [0.25, 0.3) is 0 Å². The van der Waals surface area contributed by atoms with Crippen molar-refractivity contribution in [3.63, 3.8) is 0 Å². The summed E-state index contributed by atoms with van der Waals surface area (Å²) < 4.78 is 6.41. The van der Waals surface area contributed by atoms with Crippen molar-refractivity contribution in [1.29, 1.82) is 0 Å². The lowest BCUT2D eigenvalue weighted by Gasteiger charge is -2.22. The van der Waals surface area contributed by atoms with E-state index in [0.29, 0.717) is 23.5 Å². The van der Waals surface area contributed by atoms with Crippen molar-refractivity contribution in [2.24, 2.45) is 5.92 Å². The molecule has 4 rings (SSSR count). The van der Waals surface area contributed by atoms with Gasteiger partial charge in [-0.1, -0.05) is 67.4 Å². The normalized spacial score (nSPS) is 17.5. The Morgan fingerprint density at radius 2 is 1.76 bits per heavy atom. The van der Waals surface area contributed by atoms with Crippen LogP contribution in [0.4, 0.5) is 16.2 Å². The lowest BCUT2D eigenvalue weighted by Crippen LogP contribution is -2.20. The van der Waals surface area contributed by atoms with E-state index in [1.807, 2.05) is 79.7 Å². The Morgan fingerprint density at radius 3 is 2.41 bits per heavy atom. The van der Waals surface area contributed by atoms with Crippen molar-refractivity contribution >= 4 is 23.4 Å². The summed E-state index contributed by atoms with van der Waals surface area (Å²) in [7, 11) is 0. The highest BCUT2D eigenvalue weighted by Crippen LogP contribution is 2.49. The van der Waals surface area contributed by atoms with Crippen molar-refractivity contribution in [1.82, 2.24) is 0 Å². The topological polar surface area (TPSA) is 87.7 Å². The Hall–Kier alpha value is -3.80. The molecule has 0 aliphatic heterocycles.